The minimum Gasteiger partial charge on any atom is -0.265 e. The number of nitrogens with zero attached hydrogens (tertiary/aromatic N) is 16. The van der Waals surface area contributed by atoms with Crippen molar-refractivity contribution < 1.29 is 0 Å². The molecule has 0 aliphatic rings. The van der Waals surface area contributed by atoms with E-state index in [1.807, 2.05) is 185 Å². The smallest absolute Gasteiger partial charge is 0.128 e. The van der Waals surface area contributed by atoms with E-state index in [1.165, 1.54) is 58.7 Å². The van der Waals surface area contributed by atoms with E-state index in [9.17, 15) is 0 Å². The van der Waals surface area contributed by atoms with Crippen molar-refractivity contribution in [3.63, 3.8) is 0 Å². The van der Waals surface area contributed by atoms with Gasteiger partial charge in [0.2, 0.25) is 0 Å². The van der Waals surface area contributed by atoms with Crippen LogP contribution in [0.4, 0.5) is 0 Å². The van der Waals surface area contributed by atoms with Crippen LogP contribution in [0.3, 0.4) is 0 Å². The average Bonchev–Trinajstić information content (AvgIpc) is 3.53. The van der Waals surface area contributed by atoms with Crippen molar-refractivity contribution in [2.24, 2.45) is 0 Å². The number of aryl methyl sites for hydroxylation is 10. The Morgan fingerprint density at radius 2 is 0.768 bits per heavy atom. The molecule has 0 radical (unpaired) electrons. The van der Waals surface area contributed by atoms with Gasteiger partial charge in [-0.2, -0.15) is 0 Å². The summed E-state index contributed by atoms with van der Waals surface area (Å²) in [6.07, 6.45) is 32.5. The van der Waals surface area contributed by atoms with Crippen molar-refractivity contribution in [2.75, 3.05) is 0 Å². The quantitative estimate of drug-likeness (QED) is 0.158. The van der Waals surface area contributed by atoms with Crippen LogP contribution in [0.15, 0.2) is 258 Å². The molecule has 0 unspecified atom stereocenters. The molecule has 0 spiro atoms. The summed E-state index contributed by atoms with van der Waals surface area (Å²) in [5.41, 5.74) is 13.5. The summed E-state index contributed by atoms with van der Waals surface area (Å²) < 4.78 is 0. The maximum atomic E-state index is 4.35. The van der Waals surface area contributed by atoms with E-state index < -0.39 is 0 Å². The van der Waals surface area contributed by atoms with E-state index in [0.29, 0.717) is 0 Å². The van der Waals surface area contributed by atoms with Gasteiger partial charge < -0.3 is 0 Å². The van der Waals surface area contributed by atoms with Gasteiger partial charge in [-0.05, 0) is 152 Å². The minimum absolute atomic E-state index is 0.759. The lowest BCUT2D eigenvalue weighted by atomic mass is 10.1. The third-order valence-corrected chi connectivity index (χ3v) is 9.90. The molecule has 416 valence electrons. The molecular formula is C66H72N16. The molecule has 16 nitrogen and oxygen atoms in total. The Morgan fingerprint density at radius 1 is 0.207 bits per heavy atom. The van der Waals surface area contributed by atoms with E-state index in [-0.39, 0.29) is 0 Å². The summed E-state index contributed by atoms with van der Waals surface area (Å²) in [6.45, 7) is 19.6. The molecule has 12 rings (SSSR count). The van der Waals surface area contributed by atoms with Crippen molar-refractivity contribution in [3.8, 4) is 22.4 Å². The average molecular weight is 1090 g/mol. The molecule has 0 N–H and O–H groups in total. The van der Waals surface area contributed by atoms with Crippen molar-refractivity contribution in [1.82, 2.24) is 79.7 Å². The summed E-state index contributed by atoms with van der Waals surface area (Å²) in [6, 6.07) is 46.1. The first-order valence-electron chi connectivity index (χ1n) is 25.9. The van der Waals surface area contributed by atoms with Crippen molar-refractivity contribution in [3.05, 3.63) is 314 Å². The van der Waals surface area contributed by atoms with Gasteiger partial charge in [0.05, 0.1) is 11.4 Å². The lowest BCUT2D eigenvalue weighted by molar-refractivity contribution is 0.974. The van der Waals surface area contributed by atoms with Gasteiger partial charge in [0.1, 0.15) is 37.0 Å². The van der Waals surface area contributed by atoms with Crippen LogP contribution in [-0.4, -0.2) is 79.7 Å². The predicted molar refractivity (Wildman–Crippen MR) is 327 cm³/mol. The highest BCUT2D eigenvalue weighted by Crippen LogP contribution is 2.17. The molecular weight excluding hydrogens is 1020 g/mol. The molecule has 0 bridgehead atoms. The third-order valence-electron chi connectivity index (χ3n) is 9.90. The molecule has 0 saturated carbocycles. The molecule has 12 aromatic rings. The predicted octanol–water partition coefficient (Wildman–Crippen LogP) is 13.6. The van der Waals surface area contributed by atoms with Crippen LogP contribution in [0, 0.1) is 69.2 Å². The molecule has 0 aliphatic heterocycles. The first-order chi connectivity index (χ1) is 39.9. The molecule has 0 fully saturated rings. The molecule has 2 aromatic carbocycles. The van der Waals surface area contributed by atoms with Crippen LogP contribution in [0.2, 0.25) is 0 Å². The van der Waals surface area contributed by atoms with Crippen LogP contribution in [0.5, 0.6) is 0 Å². The fraction of sp³-hybridized carbons (Fsp3) is 0.152. The minimum atomic E-state index is 0.759. The Hall–Kier alpha value is -10.5. The first kappa shape index (κ1) is 65.8. The van der Waals surface area contributed by atoms with Crippen LogP contribution in [-0.2, 0) is 0 Å². The molecule has 0 saturated heterocycles. The summed E-state index contributed by atoms with van der Waals surface area (Å²) in [5, 5.41) is 0. The van der Waals surface area contributed by atoms with Crippen LogP contribution < -0.4 is 0 Å². The lowest BCUT2D eigenvalue weighted by Crippen LogP contribution is -1.84. The van der Waals surface area contributed by atoms with Crippen molar-refractivity contribution in [2.45, 2.75) is 69.2 Å². The zero-order valence-corrected chi connectivity index (χ0v) is 48.4. The number of hydrogen-bond acceptors (Lipinski definition) is 16. The van der Waals surface area contributed by atoms with Gasteiger partial charge in [0.15, 0.2) is 0 Å². The van der Waals surface area contributed by atoms with E-state index in [1.54, 1.807) is 80.4 Å². The molecule has 0 aliphatic carbocycles. The fourth-order valence-corrected chi connectivity index (χ4v) is 5.61. The molecule has 10 aromatic heterocycles. The maximum absolute atomic E-state index is 4.35. The van der Waals surface area contributed by atoms with Gasteiger partial charge in [0, 0.05) is 121 Å². The fourth-order valence-electron chi connectivity index (χ4n) is 5.61. The summed E-state index contributed by atoms with van der Waals surface area (Å²) in [7, 11) is 0. The van der Waals surface area contributed by atoms with E-state index in [4.69, 9.17) is 0 Å². The Labute approximate surface area is 483 Å². The monoisotopic (exact) mass is 1090 g/mol. The summed E-state index contributed by atoms with van der Waals surface area (Å²) >= 11 is 0. The zero-order chi connectivity index (χ0) is 59.1. The molecule has 10 heterocycles. The van der Waals surface area contributed by atoms with Crippen LogP contribution >= 0.6 is 0 Å². The van der Waals surface area contributed by atoms with Gasteiger partial charge >= 0.3 is 0 Å². The molecule has 16 heteroatoms. The Balaban J connectivity index is 0.000000242. The number of rotatable bonds is 2. The topological polar surface area (TPSA) is 206 Å². The van der Waals surface area contributed by atoms with Gasteiger partial charge in [0.25, 0.3) is 0 Å². The standard InChI is InChI=1S/2C12H11N.3C6H7N.4C5H6N2.C4H5N3/c1-10-7-8-12(9-13-10)11-5-3-2-4-6-11;1-10-7-8-12(13-9-10)11-5-3-2-4-6-11;1-6-2-4-7-5-3-6;1-6-3-2-4-7-5-6;1-6-4-2-3-5-7-6;1-5-2-6-4-7-3-5;1-5-4-6-2-3-7-5;1-5-2-3-6-4-7-5;1-5-6-3-2-4-7-5;1-4-6-2-5-3-7-4/h2*2-9H,1H3;3*2-5H,1H3;4*2-4H,1H3;2-3H,1H3. The number of aromatic nitrogens is 16. The van der Waals surface area contributed by atoms with Crippen LogP contribution in [0.1, 0.15) is 56.7 Å². The highest BCUT2D eigenvalue weighted by molar-refractivity contribution is 5.62. The van der Waals surface area contributed by atoms with Gasteiger partial charge in [-0.1, -0.05) is 84.9 Å². The Kier molecular flexibility index (Phi) is 34.1. The van der Waals surface area contributed by atoms with Crippen molar-refractivity contribution in [1.29, 1.82) is 0 Å². The van der Waals surface area contributed by atoms with Gasteiger partial charge in [-0.25, -0.2) is 44.9 Å². The van der Waals surface area contributed by atoms with Crippen molar-refractivity contribution >= 4 is 0 Å². The van der Waals surface area contributed by atoms with E-state index in [2.05, 4.69) is 116 Å². The number of benzene rings is 2. The molecule has 82 heavy (non-hydrogen) atoms. The Morgan fingerprint density at radius 3 is 1.13 bits per heavy atom. The lowest BCUT2D eigenvalue weighted by Gasteiger charge is -2.00. The molecule has 0 atom stereocenters. The zero-order valence-electron chi connectivity index (χ0n) is 48.4. The second-order valence-electron chi connectivity index (χ2n) is 17.3. The van der Waals surface area contributed by atoms with E-state index in [0.717, 1.165) is 45.7 Å². The van der Waals surface area contributed by atoms with Gasteiger partial charge in [-0.3, -0.25) is 34.9 Å². The highest BCUT2D eigenvalue weighted by atomic mass is 15.0. The molecule has 0 amide bonds. The SMILES string of the molecule is Cc1ccc(-c2ccccc2)cn1.Cc1ccc(-c2ccccc2)nc1.Cc1ccccn1.Cc1cccnc1.Cc1ccncc1.Cc1ccncn1.Cc1cnccn1.Cc1cncnc1.Cc1ncccn1.Cc1ncncn1. The first-order valence-corrected chi connectivity index (χ1v) is 25.9. The largest absolute Gasteiger partial charge is 0.265 e. The second-order valence-corrected chi connectivity index (χ2v) is 17.3. The van der Waals surface area contributed by atoms with E-state index >= 15 is 0 Å². The maximum Gasteiger partial charge on any atom is 0.128 e. The highest BCUT2D eigenvalue weighted by Gasteiger charge is 1.96. The number of pyridine rings is 5. The summed E-state index contributed by atoms with van der Waals surface area (Å²) in [4.78, 5) is 62.1. The summed E-state index contributed by atoms with van der Waals surface area (Å²) in [5.74, 6) is 1.58. The van der Waals surface area contributed by atoms with Gasteiger partial charge in [-0.15, -0.1) is 0 Å². The Bertz CT molecular complexity index is 2800. The van der Waals surface area contributed by atoms with Crippen LogP contribution in [0.25, 0.3) is 22.4 Å². The number of hydrogen-bond donors (Lipinski definition) is 0. The normalized spacial score (nSPS) is 9.10. The second kappa shape index (κ2) is 42.5. The third kappa shape index (κ3) is 34.3.